The summed E-state index contributed by atoms with van der Waals surface area (Å²) < 4.78 is 5.17. The predicted octanol–water partition coefficient (Wildman–Crippen LogP) is 3.10. The Morgan fingerprint density at radius 1 is 1.29 bits per heavy atom. The van der Waals surface area contributed by atoms with Gasteiger partial charge in [-0.25, -0.2) is 0 Å². The first kappa shape index (κ1) is 14.1. The van der Waals surface area contributed by atoms with Gasteiger partial charge in [0.2, 0.25) is 0 Å². The topological polar surface area (TPSA) is 24.5 Å². The SMILES string of the molecule is CCN(CC)CCNc1ccc(Cl)c(OC)c1. The van der Waals surface area contributed by atoms with E-state index in [0.717, 1.165) is 31.9 Å². The molecule has 96 valence electrons. The zero-order valence-corrected chi connectivity index (χ0v) is 11.5. The van der Waals surface area contributed by atoms with Gasteiger partial charge in [0.1, 0.15) is 5.75 Å². The molecule has 1 aromatic rings. The Hall–Kier alpha value is -0.930. The predicted molar refractivity (Wildman–Crippen MR) is 74.3 cm³/mol. The first-order valence-electron chi connectivity index (χ1n) is 6.01. The molecule has 0 saturated heterocycles. The summed E-state index contributed by atoms with van der Waals surface area (Å²) in [7, 11) is 1.63. The highest BCUT2D eigenvalue weighted by Gasteiger charge is 2.02. The van der Waals surface area contributed by atoms with Crippen LogP contribution in [0.25, 0.3) is 0 Å². The van der Waals surface area contributed by atoms with Gasteiger partial charge >= 0.3 is 0 Å². The van der Waals surface area contributed by atoms with Crippen LogP contribution in [0.1, 0.15) is 13.8 Å². The van der Waals surface area contributed by atoms with Crippen LogP contribution in [0.4, 0.5) is 5.69 Å². The average Bonchev–Trinajstić information content (AvgIpc) is 2.36. The van der Waals surface area contributed by atoms with Crippen LogP contribution in [-0.4, -0.2) is 38.2 Å². The van der Waals surface area contributed by atoms with Gasteiger partial charge in [-0.3, -0.25) is 0 Å². The molecular formula is C13H21ClN2O. The van der Waals surface area contributed by atoms with Gasteiger partial charge in [0.25, 0.3) is 0 Å². The molecule has 0 radical (unpaired) electrons. The molecule has 1 rings (SSSR count). The molecule has 0 atom stereocenters. The van der Waals surface area contributed by atoms with Gasteiger partial charge in [-0.1, -0.05) is 25.4 Å². The van der Waals surface area contributed by atoms with Gasteiger partial charge < -0.3 is 15.0 Å². The van der Waals surface area contributed by atoms with E-state index in [4.69, 9.17) is 16.3 Å². The van der Waals surface area contributed by atoms with E-state index >= 15 is 0 Å². The fourth-order valence-electron chi connectivity index (χ4n) is 1.67. The number of hydrogen-bond acceptors (Lipinski definition) is 3. The van der Waals surface area contributed by atoms with E-state index in [-0.39, 0.29) is 0 Å². The molecule has 1 N–H and O–H groups in total. The smallest absolute Gasteiger partial charge is 0.139 e. The van der Waals surface area contributed by atoms with Crippen LogP contribution in [0, 0.1) is 0 Å². The van der Waals surface area contributed by atoms with Crippen molar-refractivity contribution in [2.75, 3.05) is 38.6 Å². The van der Waals surface area contributed by atoms with Crippen LogP contribution >= 0.6 is 11.6 Å². The second-order valence-corrected chi connectivity index (χ2v) is 4.21. The molecule has 0 aliphatic heterocycles. The van der Waals surface area contributed by atoms with Gasteiger partial charge in [0.15, 0.2) is 0 Å². The normalized spacial score (nSPS) is 10.6. The molecule has 0 spiro atoms. The molecule has 0 aliphatic rings. The Morgan fingerprint density at radius 2 is 2.00 bits per heavy atom. The Labute approximate surface area is 109 Å². The van der Waals surface area contributed by atoms with Crippen LogP contribution < -0.4 is 10.1 Å². The van der Waals surface area contributed by atoms with Crippen molar-refractivity contribution in [1.82, 2.24) is 4.90 Å². The third kappa shape index (κ3) is 4.44. The van der Waals surface area contributed by atoms with Crippen LogP contribution in [-0.2, 0) is 0 Å². The molecule has 0 unspecified atom stereocenters. The molecule has 0 amide bonds. The Bertz CT molecular complexity index is 340. The number of likely N-dealkylation sites (N-methyl/N-ethyl adjacent to an activating group) is 1. The van der Waals surface area contributed by atoms with E-state index < -0.39 is 0 Å². The first-order valence-corrected chi connectivity index (χ1v) is 6.38. The summed E-state index contributed by atoms with van der Waals surface area (Å²) in [6.07, 6.45) is 0. The van der Waals surface area contributed by atoms with E-state index in [1.165, 1.54) is 0 Å². The van der Waals surface area contributed by atoms with Crippen LogP contribution in [0.15, 0.2) is 18.2 Å². The summed E-state index contributed by atoms with van der Waals surface area (Å²) in [5, 5.41) is 4.01. The molecule has 0 bridgehead atoms. The molecule has 17 heavy (non-hydrogen) atoms. The molecular weight excluding hydrogens is 236 g/mol. The maximum atomic E-state index is 5.96. The number of benzene rings is 1. The number of rotatable bonds is 7. The third-order valence-electron chi connectivity index (χ3n) is 2.80. The first-order chi connectivity index (χ1) is 8.21. The highest BCUT2D eigenvalue weighted by Crippen LogP contribution is 2.27. The minimum absolute atomic E-state index is 0.641. The third-order valence-corrected chi connectivity index (χ3v) is 3.11. The quantitative estimate of drug-likeness (QED) is 0.811. The summed E-state index contributed by atoms with van der Waals surface area (Å²) in [5.41, 5.74) is 1.04. The largest absolute Gasteiger partial charge is 0.495 e. The Morgan fingerprint density at radius 3 is 2.59 bits per heavy atom. The number of hydrogen-bond donors (Lipinski definition) is 1. The zero-order chi connectivity index (χ0) is 12.7. The molecule has 0 aromatic heterocycles. The fourth-order valence-corrected chi connectivity index (χ4v) is 1.86. The highest BCUT2D eigenvalue weighted by molar-refractivity contribution is 6.32. The summed E-state index contributed by atoms with van der Waals surface area (Å²) in [4.78, 5) is 2.38. The second-order valence-electron chi connectivity index (χ2n) is 3.80. The monoisotopic (exact) mass is 256 g/mol. The van der Waals surface area contributed by atoms with Gasteiger partial charge in [-0.05, 0) is 25.2 Å². The molecule has 4 heteroatoms. The van der Waals surface area contributed by atoms with E-state index in [0.29, 0.717) is 10.8 Å². The maximum Gasteiger partial charge on any atom is 0.139 e. The van der Waals surface area contributed by atoms with E-state index in [9.17, 15) is 0 Å². The van der Waals surface area contributed by atoms with Gasteiger partial charge in [-0.15, -0.1) is 0 Å². The number of anilines is 1. The van der Waals surface area contributed by atoms with Crippen molar-refractivity contribution in [3.05, 3.63) is 23.2 Å². The van der Waals surface area contributed by atoms with Gasteiger partial charge in [-0.2, -0.15) is 0 Å². The lowest BCUT2D eigenvalue weighted by atomic mass is 10.3. The lowest BCUT2D eigenvalue weighted by Gasteiger charge is -2.18. The minimum atomic E-state index is 0.641. The van der Waals surface area contributed by atoms with E-state index in [2.05, 4.69) is 24.1 Å². The van der Waals surface area contributed by atoms with Gasteiger partial charge in [0, 0.05) is 24.8 Å². The standard InChI is InChI=1S/C13H21ClN2O/c1-4-16(5-2)9-8-15-11-6-7-12(14)13(10-11)17-3/h6-7,10,15H,4-5,8-9H2,1-3H3. The van der Waals surface area contributed by atoms with Crippen molar-refractivity contribution in [3.8, 4) is 5.75 Å². The highest BCUT2D eigenvalue weighted by atomic mass is 35.5. The Balaban J connectivity index is 2.46. The number of nitrogens with one attached hydrogen (secondary N) is 1. The van der Waals surface area contributed by atoms with Gasteiger partial charge in [0.05, 0.1) is 12.1 Å². The molecule has 0 fully saturated rings. The minimum Gasteiger partial charge on any atom is -0.495 e. The molecule has 1 aromatic carbocycles. The van der Waals surface area contributed by atoms with Crippen molar-refractivity contribution in [3.63, 3.8) is 0 Å². The summed E-state index contributed by atoms with van der Waals surface area (Å²) >= 11 is 5.96. The lowest BCUT2D eigenvalue weighted by molar-refractivity contribution is 0.316. The maximum absolute atomic E-state index is 5.96. The van der Waals surface area contributed by atoms with E-state index in [1.807, 2.05) is 18.2 Å². The zero-order valence-electron chi connectivity index (χ0n) is 10.8. The Kier molecular flexibility index (Phi) is 6.16. The van der Waals surface area contributed by atoms with Crippen molar-refractivity contribution in [2.24, 2.45) is 0 Å². The van der Waals surface area contributed by atoms with Crippen LogP contribution in [0.2, 0.25) is 5.02 Å². The van der Waals surface area contributed by atoms with Crippen molar-refractivity contribution in [1.29, 1.82) is 0 Å². The molecule has 0 saturated carbocycles. The number of halogens is 1. The fraction of sp³-hybridized carbons (Fsp3) is 0.538. The number of ether oxygens (including phenoxy) is 1. The molecule has 0 heterocycles. The number of nitrogens with zero attached hydrogens (tertiary/aromatic N) is 1. The van der Waals surface area contributed by atoms with E-state index in [1.54, 1.807) is 7.11 Å². The van der Waals surface area contributed by atoms with Crippen LogP contribution in [0.5, 0.6) is 5.75 Å². The molecule has 0 aliphatic carbocycles. The van der Waals surface area contributed by atoms with Crippen LogP contribution in [0.3, 0.4) is 0 Å². The lowest BCUT2D eigenvalue weighted by Crippen LogP contribution is -2.28. The summed E-state index contributed by atoms with van der Waals surface area (Å²) in [6, 6.07) is 5.73. The van der Waals surface area contributed by atoms with Crippen molar-refractivity contribution < 1.29 is 4.74 Å². The van der Waals surface area contributed by atoms with Crippen molar-refractivity contribution >= 4 is 17.3 Å². The number of methoxy groups -OCH3 is 1. The van der Waals surface area contributed by atoms with Crippen molar-refractivity contribution in [2.45, 2.75) is 13.8 Å². The second kappa shape index (κ2) is 7.41. The average molecular weight is 257 g/mol. The molecule has 3 nitrogen and oxygen atoms in total. The summed E-state index contributed by atoms with van der Waals surface area (Å²) in [5.74, 6) is 0.708. The summed E-state index contributed by atoms with van der Waals surface area (Å²) in [6.45, 7) is 8.48.